The molecule has 1 aliphatic heterocycles. The second-order valence-electron chi connectivity index (χ2n) is 3.19. The number of hydrogen-bond acceptors (Lipinski definition) is 4. The number of aryl methyl sites for hydroxylation is 1. The van der Waals surface area contributed by atoms with Gasteiger partial charge in [0, 0.05) is 11.9 Å². The van der Waals surface area contributed by atoms with Crippen LogP contribution < -0.4 is 16.0 Å². The quantitative estimate of drug-likeness (QED) is 0.667. The van der Waals surface area contributed by atoms with E-state index in [1.165, 1.54) is 11.3 Å². The molecule has 1 atom stereocenters. The first kappa shape index (κ1) is 9.91. The minimum Gasteiger partial charge on any atom is -0.336 e. The molecule has 0 bridgehead atoms. The van der Waals surface area contributed by atoms with Gasteiger partial charge < -0.3 is 16.0 Å². The van der Waals surface area contributed by atoms with Crippen molar-refractivity contribution in [1.82, 2.24) is 15.6 Å². The molecule has 7 heteroatoms. The number of anilines is 1. The lowest BCUT2D eigenvalue weighted by molar-refractivity contribution is -0.117. The third-order valence-corrected chi connectivity index (χ3v) is 2.81. The highest BCUT2D eigenvalue weighted by atomic mass is 32.1. The van der Waals surface area contributed by atoms with Crippen molar-refractivity contribution in [2.24, 2.45) is 0 Å². The second kappa shape index (κ2) is 3.85. The normalized spacial score (nSPS) is 19.5. The molecular formula is C8H10N4O2S. The van der Waals surface area contributed by atoms with E-state index in [4.69, 9.17) is 0 Å². The number of hydrogen-bond donors (Lipinski definition) is 3. The summed E-state index contributed by atoms with van der Waals surface area (Å²) in [6.07, 6.45) is 0. The summed E-state index contributed by atoms with van der Waals surface area (Å²) in [6, 6.07) is -0.827. The molecule has 0 saturated carbocycles. The summed E-state index contributed by atoms with van der Waals surface area (Å²) in [5.41, 5.74) is 0.865. The van der Waals surface area contributed by atoms with Crippen molar-refractivity contribution in [3.63, 3.8) is 0 Å². The van der Waals surface area contributed by atoms with E-state index in [0.29, 0.717) is 11.7 Å². The Labute approximate surface area is 90.1 Å². The summed E-state index contributed by atoms with van der Waals surface area (Å²) >= 11 is 1.36. The Morgan fingerprint density at radius 1 is 1.73 bits per heavy atom. The van der Waals surface area contributed by atoms with Crippen molar-refractivity contribution in [2.45, 2.75) is 13.0 Å². The molecule has 1 aromatic heterocycles. The molecule has 0 aliphatic carbocycles. The fraction of sp³-hybridized carbons (Fsp3) is 0.375. The van der Waals surface area contributed by atoms with Gasteiger partial charge in [-0.2, -0.15) is 0 Å². The van der Waals surface area contributed by atoms with E-state index in [2.05, 4.69) is 20.9 Å². The van der Waals surface area contributed by atoms with Gasteiger partial charge in [-0.25, -0.2) is 9.78 Å². The van der Waals surface area contributed by atoms with Gasteiger partial charge in [-0.3, -0.25) is 4.79 Å². The third kappa shape index (κ3) is 2.24. The number of thiazole rings is 1. The Balaban J connectivity index is 1.95. The molecule has 1 fully saturated rings. The highest BCUT2D eigenvalue weighted by molar-refractivity contribution is 7.13. The number of nitrogens with zero attached hydrogens (tertiary/aromatic N) is 1. The van der Waals surface area contributed by atoms with Crippen molar-refractivity contribution in [1.29, 1.82) is 0 Å². The molecule has 0 spiro atoms. The predicted molar refractivity (Wildman–Crippen MR) is 55.8 cm³/mol. The number of nitrogens with one attached hydrogen (secondary N) is 3. The summed E-state index contributed by atoms with van der Waals surface area (Å²) in [5, 5.41) is 10.1. The zero-order valence-corrected chi connectivity index (χ0v) is 8.85. The predicted octanol–water partition coefficient (Wildman–Crippen LogP) is 0.0714. The smallest absolute Gasteiger partial charge is 0.315 e. The van der Waals surface area contributed by atoms with Gasteiger partial charge in [0.15, 0.2) is 5.13 Å². The Bertz CT molecular complexity index is 403. The van der Waals surface area contributed by atoms with E-state index in [1.807, 2.05) is 12.3 Å². The second-order valence-corrected chi connectivity index (χ2v) is 4.05. The number of carbonyl (C=O) groups is 2. The highest BCUT2D eigenvalue weighted by Crippen LogP contribution is 2.14. The number of rotatable bonds is 2. The van der Waals surface area contributed by atoms with Crippen LogP contribution in [0.2, 0.25) is 0 Å². The average molecular weight is 226 g/mol. The van der Waals surface area contributed by atoms with E-state index in [-0.39, 0.29) is 11.9 Å². The number of carbonyl (C=O) groups excluding carboxylic acids is 2. The monoisotopic (exact) mass is 226 g/mol. The Morgan fingerprint density at radius 3 is 3.07 bits per heavy atom. The Hall–Kier alpha value is -1.63. The first-order chi connectivity index (χ1) is 7.15. The van der Waals surface area contributed by atoms with Crippen LogP contribution in [0.4, 0.5) is 9.93 Å². The molecule has 3 N–H and O–H groups in total. The first-order valence-corrected chi connectivity index (χ1v) is 5.30. The van der Waals surface area contributed by atoms with Crippen LogP contribution in [0, 0.1) is 6.92 Å². The van der Waals surface area contributed by atoms with Crippen molar-refractivity contribution in [2.75, 3.05) is 11.9 Å². The van der Waals surface area contributed by atoms with Crippen LogP contribution >= 0.6 is 11.3 Å². The van der Waals surface area contributed by atoms with E-state index in [9.17, 15) is 9.59 Å². The van der Waals surface area contributed by atoms with Gasteiger partial charge in [-0.05, 0) is 6.92 Å². The van der Waals surface area contributed by atoms with Crippen molar-refractivity contribution < 1.29 is 9.59 Å². The summed E-state index contributed by atoms with van der Waals surface area (Å²) < 4.78 is 0. The molecule has 1 unspecified atom stereocenters. The minimum atomic E-state index is -0.512. The van der Waals surface area contributed by atoms with Gasteiger partial charge in [0.25, 0.3) is 5.91 Å². The van der Waals surface area contributed by atoms with Crippen LogP contribution in [0.5, 0.6) is 0 Å². The number of aromatic nitrogens is 1. The summed E-state index contributed by atoms with van der Waals surface area (Å²) in [7, 11) is 0. The molecule has 0 radical (unpaired) electrons. The van der Waals surface area contributed by atoms with Crippen molar-refractivity contribution >= 4 is 28.4 Å². The van der Waals surface area contributed by atoms with Crippen LogP contribution in [-0.2, 0) is 4.79 Å². The summed E-state index contributed by atoms with van der Waals surface area (Å²) in [4.78, 5) is 26.5. The Kier molecular flexibility index (Phi) is 2.55. The van der Waals surface area contributed by atoms with Crippen LogP contribution in [0.1, 0.15) is 5.69 Å². The standard InChI is InChI=1S/C8H10N4O2S/c1-4-3-15-8(10-4)12-6(13)5-2-9-7(14)11-5/h3,5H,2H2,1H3,(H2,9,11,14)(H,10,12,13). The maximum Gasteiger partial charge on any atom is 0.315 e. The molecule has 80 valence electrons. The fourth-order valence-corrected chi connectivity index (χ4v) is 1.91. The maximum atomic E-state index is 11.6. The molecule has 15 heavy (non-hydrogen) atoms. The average Bonchev–Trinajstić information content (AvgIpc) is 2.75. The third-order valence-electron chi connectivity index (χ3n) is 1.94. The number of amides is 3. The van der Waals surface area contributed by atoms with Gasteiger partial charge in [-0.1, -0.05) is 0 Å². The van der Waals surface area contributed by atoms with Crippen molar-refractivity contribution in [3.05, 3.63) is 11.1 Å². The van der Waals surface area contributed by atoms with Crippen LogP contribution in [0.15, 0.2) is 5.38 Å². The number of urea groups is 1. The lowest BCUT2D eigenvalue weighted by Crippen LogP contribution is -2.38. The Morgan fingerprint density at radius 2 is 2.53 bits per heavy atom. The molecule has 0 aromatic carbocycles. The summed E-state index contributed by atoms with van der Waals surface area (Å²) in [6.45, 7) is 2.17. The fourth-order valence-electron chi connectivity index (χ4n) is 1.22. The molecule has 1 aliphatic rings. The highest BCUT2D eigenvalue weighted by Gasteiger charge is 2.27. The lowest BCUT2D eigenvalue weighted by Gasteiger charge is -2.06. The zero-order valence-electron chi connectivity index (χ0n) is 8.03. The lowest BCUT2D eigenvalue weighted by atomic mass is 10.3. The van der Waals surface area contributed by atoms with E-state index in [1.54, 1.807) is 0 Å². The molecule has 2 heterocycles. The summed E-state index contributed by atoms with van der Waals surface area (Å²) in [5.74, 6) is -0.247. The first-order valence-electron chi connectivity index (χ1n) is 4.42. The van der Waals surface area contributed by atoms with Crippen molar-refractivity contribution in [3.8, 4) is 0 Å². The SMILES string of the molecule is Cc1csc(NC(=O)C2CNC(=O)N2)n1. The topological polar surface area (TPSA) is 83.1 Å². The molecule has 3 amide bonds. The van der Waals surface area contributed by atoms with E-state index < -0.39 is 6.04 Å². The van der Waals surface area contributed by atoms with E-state index in [0.717, 1.165) is 5.69 Å². The van der Waals surface area contributed by atoms with Gasteiger partial charge in [0.05, 0.1) is 5.69 Å². The minimum absolute atomic E-state index is 0.247. The van der Waals surface area contributed by atoms with Gasteiger partial charge in [0.2, 0.25) is 0 Å². The van der Waals surface area contributed by atoms with Gasteiger partial charge in [0.1, 0.15) is 6.04 Å². The maximum absolute atomic E-state index is 11.6. The largest absolute Gasteiger partial charge is 0.336 e. The molecule has 1 saturated heterocycles. The van der Waals surface area contributed by atoms with Crippen LogP contribution in [-0.4, -0.2) is 29.5 Å². The van der Waals surface area contributed by atoms with Crippen LogP contribution in [0.25, 0.3) is 0 Å². The molecular weight excluding hydrogens is 216 g/mol. The molecule has 2 rings (SSSR count). The van der Waals surface area contributed by atoms with E-state index >= 15 is 0 Å². The van der Waals surface area contributed by atoms with Crippen LogP contribution in [0.3, 0.4) is 0 Å². The zero-order chi connectivity index (χ0) is 10.8. The van der Waals surface area contributed by atoms with Gasteiger partial charge in [-0.15, -0.1) is 11.3 Å². The van der Waals surface area contributed by atoms with Gasteiger partial charge >= 0.3 is 6.03 Å². The molecule has 1 aromatic rings. The molecule has 6 nitrogen and oxygen atoms in total.